The monoisotopic (exact) mass is 422 g/mol. The van der Waals surface area contributed by atoms with Crippen molar-refractivity contribution in [3.63, 3.8) is 0 Å². The van der Waals surface area contributed by atoms with E-state index < -0.39 is 0 Å². The third-order valence-corrected chi connectivity index (χ3v) is 4.96. The Labute approximate surface area is 176 Å². The molecule has 0 saturated heterocycles. The number of nitrogens with zero attached hydrogens (tertiary/aromatic N) is 3. The molecule has 8 heteroatoms. The van der Waals surface area contributed by atoms with E-state index in [9.17, 15) is 18.4 Å². The fourth-order valence-electron chi connectivity index (χ4n) is 3.43. The van der Waals surface area contributed by atoms with Crippen LogP contribution in [0.4, 0.5) is 8.78 Å². The van der Waals surface area contributed by atoms with Crippen LogP contribution in [-0.2, 0) is 24.3 Å². The van der Waals surface area contributed by atoms with E-state index in [-0.39, 0.29) is 49.3 Å². The number of imidazole rings is 1. The second-order valence-electron chi connectivity index (χ2n) is 7.15. The Bertz CT molecular complexity index is 1260. The molecule has 2 aromatic heterocycles. The molecule has 0 aliphatic rings. The van der Waals surface area contributed by atoms with Crippen molar-refractivity contribution in [2.75, 3.05) is 6.54 Å². The molecule has 0 saturated carbocycles. The zero-order valence-corrected chi connectivity index (χ0v) is 16.6. The summed E-state index contributed by atoms with van der Waals surface area (Å²) in [5.74, 6) is -0.910. The van der Waals surface area contributed by atoms with Gasteiger partial charge in [0.25, 0.3) is 0 Å². The number of amides is 1. The van der Waals surface area contributed by atoms with Gasteiger partial charge in [-0.1, -0.05) is 24.3 Å². The number of carbonyl (C=O) groups is 1. The molecule has 0 aliphatic carbocycles. The quantitative estimate of drug-likeness (QED) is 0.498. The predicted molar refractivity (Wildman–Crippen MR) is 113 cm³/mol. The second-order valence-corrected chi connectivity index (χ2v) is 7.15. The molecule has 6 nitrogen and oxygen atoms in total. The molecule has 1 N–H and O–H groups in total. The van der Waals surface area contributed by atoms with Crippen molar-refractivity contribution in [3.8, 4) is 0 Å². The molecule has 0 unspecified atom stereocenters. The smallest absolute Gasteiger partial charge is 0.330 e. The van der Waals surface area contributed by atoms with E-state index in [2.05, 4.69) is 10.3 Å². The first-order valence-corrected chi connectivity index (χ1v) is 9.81. The molecule has 0 bridgehead atoms. The summed E-state index contributed by atoms with van der Waals surface area (Å²) in [5, 5.41) is 2.78. The molecule has 158 valence electrons. The van der Waals surface area contributed by atoms with Crippen LogP contribution in [0.5, 0.6) is 0 Å². The lowest BCUT2D eigenvalue weighted by atomic mass is 10.1. The second kappa shape index (κ2) is 8.91. The molecule has 4 aromatic rings. The average Bonchev–Trinajstić information content (AvgIpc) is 3.03. The van der Waals surface area contributed by atoms with Crippen LogP contribution in [0, 0.1) is 11.6 Å². The highest BCUT2D eigenvalue weighted by Gasteiger charge is 2.14. The Morgan fingerprint density at radius 2 is 1.55 bits per heavy atom. The zero-order valence-electron chi connectivity index (χ0n) is 16.6. The average molecular weight is 422 g/mol. The fraction of sp³-hybridized carbons (Fsp3) is 0.174. The van der Waals surface area contributed by atoms with Crippen LogP contribution in [0.15, 0.2) is 71.7 Å². The highest BCUT2D eigenvalue weighted by molar-refractivity contribution is 5.78. The number of carbonyl (C=O) groups excluding carboxylic acids is 1. The van der Waals surface area contributed by atoms with Crippen LogP contribution in [0.3, 0.4) is 0 Å². The molecule has 0 fully saturated rings. The van der Waals surface area contributed by atoms with Crippen molar-refractivity contribution in [3.05, 3.63) is 100 Å². The Morgan fingerprint density at radius 1 is 0.903 bits per heavy atom. The summed E-state index contributed by atoms with van der Waals surface area (Å²) in [6.07, 6.45) is 1.73. The van der Waals surface area contributed by atoms with Gasteiger partial charge < -0.3 is 5.32 Å². The molecule has 0 atom stereocenters. The van der Waals surface area contributed by atoms with Gasteiger partial charge in [0.1, 0.15) is 11.6 Å². The molecular weight excluding hydrogens is 402 g/mol. The molecule has 0 radical (unpaired) electrons. The van der Waals surface area contributed by atoms with Crippen molar-refractivity contribution in [1.82, 2.24) is 19.4 Å². The molecule has 1 amide bonds. The third kappa shape index (κ3) is 4.69. The van der Waals surface area contributed by atoms with Gasteiger partial charge in [0.2, 0.25) is 5.91 Å². The third-order valence-electron chi connectivity index (χ3n) is 4.96. The van der Waals surface area contributed by atoms with Gasteiger partial charge in [-0.2, -0.15) is 0 Å². The maximum atomic E-state index is 13.2. The van der Waals surface area contributed by atoms with Gasteiger partial charge in [-0.15, -0.1) is 0 Å². The molecule has 0 aliphatic heterocycles. The van der Waals surface area contributed by atoms with Gasteiger partial charge >= 0.3 is 5.69 Å². The number of benzene rings is 2. The standard InChI is InChI=1S/C23H20F2N4O2/c24-18-7-3-16(4-8-18)14-21(30)26-12-13-28-22-20(2-1-11-27-22)29(23(28)31)15-17-5-9-19(25)10-6-17/h1-11H,12-15H2,(H,26,30). The van der Waals surface area contributed by atoms with Crippen molar-refractivity contribution in [2.24, 2.45) is 0 Å². The van der Waals surface area contributed by atoms with Crippen LogP contribution in [0.2, 0.25) is 0 Å². The minimum absolute atomic E-state index is 0.125. The van der Waals surface area contributed by atoms with Crippen molar-refractivity contribution < 1.29 is 13.6 Å². The van der Waals surface area contributed by atoms with Crippen LogP contribution in [-0.4, -0.2) is 26.6 Å². The number of fused-ring (bicyclic) bond motifs is 1. The lowest BCUT2D eigenvalue weighted by Gasteiger charge is -2.06. The molecule has 0 spiro atoms. The van der Waals surface area contributed by atoms with E-state index in [1.165, 1.54) is 28.8 Å². The van der Waals surface area contributed by atoms with Crippen molar-refractivity contribution in [2.45, 2.75) is 19.5 Å². The summed E-state index contributed by atoms with van der Waals surface area (Å²) < 4.78 is 29.3. The molecule has 2 heterocycles. The van der Waals surface area contributed by atoms with E-state index in [0.717, 1.165) is 5.56 Å². The Kier molecular flexibility index (Phi) is 5.88. The number of nitrogens with one attached hydrogen (secondary N) is 1. The van der Waals surface area contributed by atoms with Crippen LogP contribution < -0.4 is 11.0 Å². The number of pyridine rings is 1. The number of halogens is 2. The zero-order chi connectivity index (χ0) is 21.8. The first-order chi connectivity index (χ1) is 15.0. The normalized spacial score (nSPS) is 11.0. The van der Waals surface area contributed by atoms with E-state index in [4.69, 9.17) is 0 Å². The largest absolute Gasteiger partial charge is 0.354 e. The highest BCUT2D eigenvalue weighted by Crippen LogP contribution is 2.13. The fourth-order valence-corrected chi connectivity index (χ4v) is 3.43. The maximum absolute atomic E-state index is 13.2. The van der Waals surface area contributed by atoms with Gasteiger partial charge in [0.15, 0.2) is 5.65 Å². The summed E-state index contributed by atoms with van der Waals surface area (Å²) in [7, 11) is 0. The van der Waals surface area contributed by atoms with Crippen LogP contribution >= 0.6 is 0 Å². The summed E-state index contributed by atoms with van der Waals surface area (Å²) in [6.45, 7) is 0.773. The van der Waals surface area contributed by atoms with Gasteiger partial charge in [-0.25, -0.2) is 18.6 Å². The summed E-state index contributed by atoms with van der Waals surface area (Å²) in [4.78, 5) is 29.5. The molecule has 31 heavy (non-hydrogen) atoms. The lowest BCUT2D eigenvalue weighted by molar-refractivity contribution is -0.120. The van der Waals surface area contributed by atoms with Gasteiger partial charge in [-0.05, 0) is 47.5 Å². The van der Waals surface area contributed by atoms with E-state index in [0.29, 0.717) is 16.7 Å². The van der Waals surface area contributed by atoms with E-state index in [1.807, 2.05) is 0 Å². The van der Waals surface area contributed by atoms with Crippen molar-refractivity contribution >= 4 is 17.1 Å². The number of aromatic nitrogens is 3. The Hall–Kier alpha value is -3.81. The first kappa shape index (κ1) is 20.5. The van der Waals surface area contributed by atoms with E-state index in [1.54, 1.807) is 47.2 Å². The number of hydrogen-bond acceptors (Lipinski definition) is 3. The Balaban J connectivity index is 1.48. The van der Waals surface area contributed by atoms with Gasteiger partial charge in [-0.3, -0.25) is 13.9 Å². The minimum Gasteiger partial charge on any atom is -0.354 e. The first-order valence-electron chi connectivity index (χ1n) is 9.81. The summed E-state index contributed by atoms with van der Waals surface area (Å²) >= 11 is 0. The number of hydrogen-bond donors (Lipinski definition) is 1. The highest BCUT2D eigenvalue weighted by atomic mass is 19.1. The summed E-state index contributed by atoms with van der Waals surface area (Å²) in [5.41, 5.74) is 2.41. The maximum Gasteiger partial charge on any atom is 0.330 e. The Morgan fingerprint density at radius 3 is 2.23 bits per heavy atom. The van der Waals surface area contributed by atoms with Gasteiger partial charge in [0.05, 0.1) is 18.5 Å². The number of rotatable bonds is 7. The van der Waals surface area contributed by atoms with Crippen molar-refractivity contribution in [1.29, 1.82) is 0 Å². The topological polar surface area (TPSA) is 68.9 Å². The molecule has 4 rings (SSSR count). The van der Waals surface area contributed by atoms with Gasteiger partial charge in [0, 0.05) is 19.3 Å². The molecular formula is C23H20F2N4O2. The predicted octanol–water partition coefficient (Wildman–Crippen LogP) is 2.88. The summed E-state index contributed by atoms with van der Waals surface area (Å²) in [6, 6.07) is 15.3. The van der Waals surface area contributed by atoms with Crippen LogP contribution in [0.1, 0.15) is 11.1 Å². The lowest BCUT2D eigenvalue weighted by Crippen LogP contribution is -2.32. The van der Waals surface area contributed by atoms with E-state index >= 15 is 0 Å². The SMILES string of the molecule is O=C(Cc1ccc(F)cc1)NCCn1c(=O)n(Cc2ccc(F)cc2)c2cccnc21. The van der Waals surface area contributed by atoms with Crippen LogP contribution in [0.25, 0.3) is 11.2 Å². The molecule has 2 aromatic carbocycles. The minimum atomic E-state index is -0.354.